The number of halogens is 1. The van der Waals surface area contributed by atoms with E-state index in [1.54, 1.807) is 42.5 Å². The molecule has 0 spiro atoms. The molecule has 3 aromatic carbocycles. The lowest BCUT2D eigenvalue weighted by Gasteiger charge is -2.19. The van der Waals surface area contributed by atoms with Crippen molar-refractivity contribution in [1.82, 2.24) is 16.1 Å². The van der Waals surface area contributed by atoms with E-state index in [0.717, 1.165) is 11.1 Å². The molecule has 0 aromatic heterocycles. The molecule has 3 amide bonds. The first-order valence-electron chi connectivity index (χ1n) is 11.6. The predicted molar refractivity (Wildman–Crippen MR) is 150 cm³/mol. The number of nitrogens with one attached hydrogen (secondary N) is 4. The van der Waals surface area contributed by atoms with Crippen molar-refractivity contribution in [2.45, 2.75) is 33.0 Å². The highest BCUT2D eigenvalue weighted by Gasteiger charge is 2.25. The van der Waals surface area contributed by atoms with Gasteiger partial charge in [-0.15, -0.1) is 0 Å². The summed E-state index contributed by atoms with van der Waals surface area (Å²) < 4.78 is 0. The van der Waals surface area contributed by atoms with Gasteiger partial charge < -0.3 is 21.1 Å². The lowest BCUT2D eigenvalue weighted by atomic mass is 10.1. The van der Waals surface area contributed by atoms with Crippen LogP contribution < -0.4 is 21.4 Å². The molecule has 0 saturated carbocycles. The average molecular weight is 551 g/mol. The van der Waals surface area contributed by atoms with Gasteiger partial charge in [0, 0.05) is 33.9 Å². The third-order valence-electron chi connectivity index (χ3n) is 5.33. The summed E-state index contributed by atoms with van der Waals surface area (Å²) in [6.07, 6.45) is -1.20. The van der Waals surface area contributed by atoms with Crippen LogP contribution >= 0.6 is 11.6 Å². The second-order valence-corrected chi connectivity index (χ2v) is 8.79. The summed E-state index contributed by atoms with van der Waals surface area (Å²) in [5, 5.41) is 27.3. The lowest BCUT2D eigenvalue weighted by molar-refractivity contribution is -0.133. The molecule has 0 unspecified atom stereocenters. The first-order chi connectivity index (χ1) is 18.2. The summed E-state index contributed by atoms with van der Waals surface area (Å²) in [5.74, 6) is 4.33. The van der Waals surface area contributed by atoms with Gasteiger partial charge in [-0.05, 0) is 73.2 Å². The highest BCUT2D eigenvalue weighted by molar-refractivity contribution is 6.30. The fraction of sp³-hybridized carbons (Fsp3) is 0.207. The summed E-state index contributed by atoms with van der Waals surface area (Å²) in [4.78, 5) is 36.1. The molecule has 0 saturated heterocycles. The van der Waals surface area contributed by atoms with E-state index in [2.05, 4.69) is 27.8 Å². The maximum absolute atomic E-state index is 12.4. The van der Waals surface area contributed by atoms with Crippen LogP contribution in [0.4, 0.5) is 5.69 Å². The van der Waals surface area contributed by atoms with Crippen molar-refractivity contribution >= 4 is 35.0 Å². The summed E-state index contributed by atoms with van der Waals surface area (Å²) in [5.41, 5.74) is 4.70. The zero-order valence-electron chi connectivity index (χ0n) is 20.5. The molecule has 0 aliphatic rings. The second-order valence-electron chi connectivity index (χ2n) is 8.35. The Bertz CT molecular complexity index is 1330. The summed E-state index contributed by atoms with van der Waals surface area (Å²) in [6.45, 7) is 1.99. The third kappa shape index (κ3) is 9.89. The smallest absolute Gasteiger partial charge is 0.268 e. The first-order valence-corrected chi connectivity index (χ1v) is 12.0. The van der Waals surface area contributed by atoms with Crippen molar-refractivity contribution in [3.05, 3.63) is 100 Å². The normalized spacial score (nSPS) is 11.6. The fourth-order valence-electron chi connectivity index (χ4n) is 3.36. The van der Waals surface area contributed by atoms with E-state index in [1.165, 1.54) is 24.5 Å². The van der Waals surface area contributed by atoms with Gasteiger partial charge in [0.15, 0.2) is 0 Å². The Hall–Kier alpha value is -4.20. The van der Waals surface area contributed by atoms with Crippen molar-refractivity contribution in [2.75, 3.05) is 11.9 Å². The number of anilines is 1. The first kappa shape index (κ1) is 31.0. The third-order valence-corrected chi connectivity index (χ3v) is 5.57. The molecule has 0 aliphatic heterocycles. The summed E-state index contributed by atoms with van der Waals surface area (Å²) >= 11 is 5.96. The van der Waals surface area contributed by atoms with Crippen molar-refractivity contribution in [1.29, 1.82) is 0 Å². The molecule has 3 rings (SSSR count). The van der Waals surface area contributed by atoms with Crippen molar-refractivity contribution in [3.8, 4) is 11.8 Å². The van der Waals surface area contributed by atoms with E-state index >= 15 is 0 Å². The predicted octanol–water partition coefficient (Wildman–Crippen LogP) is 3.09. The lowest BCUT2D eigenvalue weighted by Crippen LogP contribution is -2.51. The van der Waals surface area contributed by atoms with Gasteiger partial charge in [0.2, 0.25) is 5.91 Å². The minimum Gasteiger partial charge on any atom is -0.391 e. The van der Waals surface area contributed by atoms with Crippen molar-refractivity contribution < 1.29 is 24.7 Å². The van der Waals surface area contributed by atoms with Crippen LogP contribution in [0.1, 0.15) is 41.4 Å². The Morgan fingerprint density at radius 1 is 0.949 bits per heavy atom. The van der Waals surface area contributed by atoms with Crippen LogP contribution in [0.2, 0.25) is 5.02 Å². The number of benzene rings is 3. The Morgan fingerprint density at radius 3 is 2.13 bits per heavy atom. The zero-order valence-corrected chi connectivity index (χ0v) is 21.3. The maximum atomic E-state index is 12.4. The van der Waals surface area contributed by atoms with E-state index < -0.39 is 24.0 Å². The molecule has 0 bridgehead atoms. The largest absolute Gasteiger partial charge is 0.391 e. The molecule has 0 heterocycles. The zero-order chi connectivity index (χ0) is 27.5. The van der Waals surface area contributed by atoms with Crippen LogP contribution in [0, 0.1) is 11.8 Å². The Balaban J connectivity index is 0.00000533. The second kappa shape index (κ2) is 15.3. The van der Waals surface area contributed by atoms with Gasteiger partial charge >= 0.3 is 0 Å². The van der Waals surface area contributed by atoms with Crippen LogP contribution in [0.25, 0.3) is 0 Å². The molecular weight excluding hydrogens is 520 g/mol. The Labute approximate surface area is 232 Å². The SMILES string of the molecule is C.C[C@@H](O)[C@H](NC(=O)c1ccc(C#Cc2ccc(NC(=O)CNCc3cccc(Cl)c3)cc2)cc1)C(=O)NO. The van der Waals surface area contributed by atoms with Crippen LogP contribution in [0.15, 0.2) is 72.8 Å². The van der Waals surface area contributed by atoms with Gasteiger partial charge in [0.05, 0.1) is 12.6 Å². The molecule has 0 fully saturated rings. The maximum Gasteiger partial charge on any atom is 0.268 e. The number of carbonyl (C=O) groups excluding carboxylic acids is 3. The molecule has 6 N–H and O–H groups in total. The van der Waals surface area contributed by atoms with Gasteiger partial charge in [0.25, 0.3) is 11.8 Å². The summed E-state index contributed by atoms with van der Waals surface area (Å²) in [6, 6.07) is 19.6. The topological polar surface area (TPSA) is 140 Å². The molecular formula is C29H31ClN4O5. The van der Waals surface area contributed by atoms with Gasteiger partial charge in [-0.2, -0.15) is 0 Å². The molecule has 2 atom stereocenters. The standard InChI is InChI=1S/C28H27ClN4O5.CH4/c1-18(34)26(28(37)33-38)32-27(36)22-11-7-19(8-12-22)5-6-20-9-13-24(14-10-20)31-25(35)17-30-16-21-3-2-4-23(29)15-21;/h2-4,7-15,18,26,30,34,38H,16-17H2,1H3,(H,31,35)(H,32,36)(H,33,37);1H4/t18-,26+;/m1./s1. The molecule has 10 heteroatoms. The van der Waals surface area contributed by atoms with E-state index in [4.69, 9.17) is 16.8 Å². The van der Waals surface area contributed by atoms with Gasteiger partial charge in [-0.3, -0.25) is 19.6 Å². The minimum absolute atomic E-state index is 0. The van der Waals surface area contributed by atoms with Gasteiger partial charge in [-0.1, -0.05) is 43.0 Å². The Kier molecular flexibility index (Phi) is 12.1. The van der Waals surface area contributed by atoms with Gasteiger partial charge in [0.1, 0.15) is 6.04 Å². The molecule has 0 radical (unpaired) electrons. The highest BCUT2D eigenvalue weighted by Crippen LogP contribution is 2.11. The quantitative estimate of drug-likeness (QED) is 0.137. The van der Waals surface area contributed by atoms with Crippen LogP contribution in [0.5, 0.6) is 0 Å². The number of carbonyl (C=O) groups is 3. The van der Waals surface area contributed by atoms with Crippen molar-refractivity contribution in [2.24, 2.45) is 0 Å². The molecule has 9 nitrogen and oxygen atoms in total. The van der Waals surface area contributed by atoms with Gasteiger partial charge in [-0.25, -0.2) is 5.48 Å². The molecule has 39 heavy (non-hydrogen) atoms. The molecule has 204 valence electrons. The molecule has 0 aliphatic carbocycles. The van der Waals surface area contributed by atoms with E-state index in [9.17, 15) is 19.5 Å². The molecule has 3 aromatic rings. The average Bonchev–Trinajstić information content (AvgIpc) is 2.91. The number of hydroxylamine groups is 1. The van der Waals surface area contributed by atoms with E-state index in [1.807, 2.05) is 18.2 Å². The summed E-state index contributed by atoms with van der Waals surface area (Å²) in [7, 11) is 0. The Morgan fingerprint density at radius 2 is 1.56 bits per heavy atom. The number of aliphatic hydroxyl groups excluding tert-OH is 1. The van der Waals surface area contributed by atoms with Crippen molar-refractivity contribution in [3.63, 3.8) is 0 Å². The number of amides is 3. The fourth-order valence-corrected chi connectivity index (χ4v) is 3.57. The number of hydrogen-bond acceptors (Lipinski definition) is 6. The highest BCUT2D eigenvalue weighted by atomic mass is 35.5. The van der Waals surface area contributed by atoms with Crippen LogP contribution in [0.3, 0.4) is 0 Å². The van der Waals surface area contributed by atoms with E-state index in [-0.39, 0.29) is 25.4 Å². The number of rotatable bonds is 9. The minimum atomic E-state index is -1.30. The van der Waals surface area contributed by atoms with E-state index in [0.29, 0.717) is 22.8 Å². The number of hydrogen-bond donors (Lipinski definition) is 6. The van der Waals surface area contributed by atoms with Crippen LogP contribution in [-0.4, -0.2) is 46.7 Å². The monoisotopic (exact) mass is 550 g/mol. The number of aliphatic hydroxyl groups is 1. The van der Waals surface area contributed by atoms with Crippen LogP contribution in [-0.2, 0) is 16.1 Å².